The van der Waals surface area contributed by atoms with Gasteiger partial charge in [-0.25, -0.2) is 0 Å². The second kappa shape index (κ2) is 4.08. The van der Waals surface area contributed by atoms with Gasteiger partial charge in [0.2, 0.25) is 0 Å². The van der Waals surface area contributed by atoms with Crippen LogP contribution in [0.5, 0.6) is 0 Å². The maximum atomic E-state index is 5.94. The van der Waals surface area contributed by atoms with Gasteiger partial charge in [0.25, 0.3) is 0 Å². The fourth-order valence-electron chi connectivity index (χ4n) is 2.33. The molecule has 0 bridgehead atoms. The largest absolute Gasteiger partial charge is 0.441 e. The van der Waals surface area contributed by atoms with Crippen molar-refractivity contribution in [3.63, 3.8) is 0 Å². The van der Waals surface area contributed by atoms with Crippen LogP contribution in [0.15, 0.2) is 22.6 Å². The van der Waals surface area contributed by atoms with Crippen molar-refractivity contribution in [3.05, 3.63) is 29.3 Å². The van der Waals surface area contributed by atoms with E-state index in [0.717, 1.165) is 37.6 Å². The Balaban J connectivity index is 2.00. The van der Waals surface area contributed by atoms with Crippen molar-refractivity contribution >= 4 is 16.9 Å². The molecule has 3 rings (SSSR count). The molecule has 90 valence electrons. The molecule has 1 aliphatic heterocycles. The van der Waals surface area contributed by atoms with Crippen molar-refractivity contribution in [1.29, 1.82) is 0 Å². The molecule has 1 aromatic carbocycles. The van der Waals surface area contributed by atoms with E-state index in [1.54, 1.807) is 0 Å². The third kappa shape index (κ3) is 1.91. The average Bonchev–Trinajstić information content (AvgIpc) is 2.74. The third-order valence-corrected chi connectivity index (χ3v) is 3.55. The van der Waals surface area contributed by atoms with Gasteiger partial charge in [0, 0.05) is 37.6 Å². The van der Waals surface area contributed by atoms with Crippen molar-refractivity contribution in [3.8, 4) is 0 Å². The van der Waals surface area contributed by atoms with Crippen molar-refractivity contribution in [2.75, 3.05) is 31.1 Å². The van der Waals surface area contributed by atoms with Crippen LogP contribution < -0.4 is 10.2 Å². The van der Waals surface area contributed by atoms with Gasteiger partial charge in [-0.15, -0.1) is 0 Å². The van der Waals surface area contributed by atoms with Crippen LogP contribution in [0.3, 0.4) is 0 Å². The predicted octanol–water partition coefficient (Wildman–Crippen LogP) is 2.46. The van der Waals surface area contributed by atoms with Gasteiger partial charge in [-0.1, -0.05) is 0 Å². The van der Waals surface area contributed by atoms with E-state index >= 15 is 0 Å². The molecule has 1 fully saturated rings. The molecule has 17 heavy (non-hydrogen) atoms. The van der Waals surface area contributed by atoms with E-state index in [9.17, 15) is 0 Å². The summed E-state index contributed by atoms with van der Waals surface area (Å²) in [6, 6.07) is 6.50. The number of anilines is 1. The minimum atomic E-state index is 1.00. The van der Waals surface area contributed by atoms with Gasteiger partial charge in [-0.3, -0.25) is 0 Å². The van der Waals surface area contributed by atoms with Crippen LogP contribution in [-0.2, 0) is 0 Å². The first kappa shape index (κ1) is 10.7. The summed E-state index contributed by atoms with van der Waals surface area (Å²) in [5.74, 6) is 1.01. The Morgan fingerprint density at radius 3 is 2.53 bits per heavy atom. The highest BCUT2D eigenvalue weighted by molar-refractivity contribution is 5.82. The van der Waals surface area contributed by atoms with Crippen LogP contribution in [0.25, 0.3) is 11.0 Å². The lowest BCUT2D eigenvalue weighted by atomic mass is 10.1. The lowest BCUT2D eigenvalue weighted by Crippen LogP contribution is -2.43. The van der Waals surface area contributed by atoms with E-state index in [-0.39, 0.29) is 0 Å². The van der Waals surface area contributed by atoms with E-state index in [0.29, 0.717) is 0 Å². The summed E-state index contributed by atoms with van der Waals surface area (Å²) in [6.45, 7) is 8.40. The van der Waals surface area contributed by atoms with Crippen LogP contribution in [-0.4, -0.2) is 26.2 Å². The standard InChI is InChI=1S/C14H18N2O/c1-10-7-12-9-14(16-5-3-15-4-6-16)17-13(12)8-11(10)2/h7-9,15H,3-6H2,1-2H3. The Morgan fingerprint density at radius 2 is 1.76 bits per heavy atom. The second-order valence-electron chi connectivity index (χ2n) is 4.80. The summed E-state index contributed by atoms with van der Waals surface area (Å²) in [5.41, 5.74) is 3.62. The first-order valence-electron chi connectivity index (χ1n) is 6.20. The zero-order valence-corrected chi connectivity index (χ0v) is 10.4. The van der Waals surface area contributed by atoms with Crippen LogP contribution in [0.2, 0.25) is 0 Å². The summed E-state index contributed by atoms with van der Waals surface area (Å²) < 4.78 is 5.94. The van der Waals surface area contributed by atoms with E-state index in [4.69, 9.17) is 4.42 Å². The fraction of sp³-hybridized carbons (Fsp3) is 0.429. The molecule has 3 nitrogen and oxygen atoms in total. The molecule has 2 heterocycles. The van der Waals surface area contributed by atoms with Gasteiger partial charge in [0.05, 0.1) is 0 Å². The number of benzene rings is 1. The molecule has 0 amide bonds. The Morgan fingerprint density at radius 1 is 1.06 bits per heavy atom. The van der Waals surface area contributed by atoms with Crippen molar-refractivity contribution < 1.29 is 4.42 Å². The summed E-state index contributed by atoms with van der Waals surface area (Å²) in [6.07, 6.45) is 0. The van der Waals surface area contributed by atoms with Gasteiger partial charge in [-0.05, 0) is 37.1 Å². The van der Waals surface area contributed by atoms with E-state index in [1.165, 1.54) is 16.5 Å². The molecular formula is C14H18N2O. The number of hydrogen-bond donors (Lipinski definition) is 1. The number of furan rings is 1. The van der Waals surface area contributed by atoms with Gasteiger partial charge in [0.1, 0.15) is 5.58 Å². The van der Waals surface area contributed by atoms with E-state index < -0.39 is 0 Å². The normalized spacial score (nSPS) is 16.7. The topological polar surface area (TPSA) is 28.4 Å². The molecule has 0 atom stereocenters. The molecular weight excluding hydrogens is 212 g/mol. The highest BCUT2D eigenvalue weighted by Crippen LogP contribution is 2.28. The van der Waals surface area contributed by atoms with Crippen LogP contribution in [0.1, 0.15) is 11.1 Å². The lowest BCUT2D eigenvalue weighted by Gasteiger charge is -2.26. The molecule has 0 radical (unpaired) electrons. The zero-order valence-electron chi connectivity index (χ0n) is 10.4. The van der Waals surface area contributed by atoms with Crippen LogP contribution in [0.4, 0.5) is 5.88 Å². The molecule has 1 aromatic heterocycles. The van der Waals surface area contributed by atoms with Gasteiger partial charge in [-0.2, -0.15) is 0 Å². The molecule has 1 aliphatic rings. The maximum Gasteiger partial charge on any atom is 0.196 e. The number of hydrogen-bond acceptors (Lipinski definition) is 3. The maximum absolute atomic E-state index is 5.94. The Hall–Kier alpha value is -1.48. The van der Waals surface area contributed by atoms with E-state index in [1.807, 2.05) is 0 Å². The number of nitrogens with zero attached hydrogens (tertiary/aromatic N) is 1. The minimum Gasteiger partial charge on any atom is -0.441 e. The second-order valence-corrected chi connectivity index (χ2v) is 4.80. The monoisotopic (exact) mass is 230 g/mol. The summed E-state index contributed by atoms with van der Waals surface area (Å²) in [7, 11) is 0. The number of nitrogens with one attached hydrogen (secondary N) is 1. The number of rotatable bonds is 1. The van der Waals surface area contributed by atoms with Gasteiger partial charge in [0.15, 0.2) is 5.88 Å². The van der Waals surface area contributed by atoms with E-state index in [2.05, 4.69) is 42.3 Å². The fourth-order valence-corrected chi connectivity index (χ4v) is 2.33. The SMILES string of the molecule is Cc1cc2cc(N3CCNCC3)oc2cc1C. The molecule has 0 unspecified atom stereocenters. The van der Waals surface area contributed by atoms with Crippen molar-refractivity contribution in [2.24, 2.45) is 0 Å². The first-order valence-corrected chi connectivity index (χ1v) is 6.20. The average molecular weight is 230 g/mol. The predicted molar refractivity (Wildman–Crippen MR) is 70.8 cm³/mol. The van der Waals surface area contributed by atoms with Crippen molar-refractivity contribution in [2.45, 2.75) is 13.8 Å². The Kier molecular flexibility index (Phi) is 2.56. The Bertz CT molecular complexity index is 499. The van der Waals surface area contributed by atoms with Gasteiger partial charge >= 0.3 is 0 Å². The lowest BCUT2D eigenvalue weighted by molar-refractivity contribution is 0.527. The zero-order chi connectivity index (χ0) is 11.8. The molecule has 0 spiro atoms. The molecule has 1 N–H and O–H groups in total. The molecule has 0 saturated carbocycles. The highest BCUT2D eigenvalue weighted by atomic mass is 16.4. The smallest absolute Gasteiger partial charge is 0.196 e. The van der Waals surface area contributed by atoms with Crippen LogP contribution >= 0.6 is 0 Å². The molecule has 1 saturated heterocycles. The summed E-state index contributed by atoms with van der Waals surface area (Å²) in [4.78, 5) is 2.31. The number of fused-ring (bicyclic) bond motifs is 1. The quantitative estimate of drug-likeness (QED) is 0.815. The van der Waals surface area contributed by atoms with Crippen molar-refractivity contribution in [1.82, 2.24) is 5.32 Å². The number of aryl methyl sites for hydroxylation is 2. The molecule has 2 aromatic rings. The summed E-state index contributed by atoms with van der Waals surface area (Å²) >= 11 is 0. The minimum absolute atomic E-state index is 1.00. The number of piperazine rings is 1. The highest BCUT2D eigenvalue weighted by Gasteiger charge is 2.14. The molecule has 0 aliphatic carbocycles. The first-order chi connectivity index (χ1) is 8.24. The summed E-state index contributed by atoms with van der Waals surface area (Å²) in [5, 5.41) is 4.56. The van der Waals surface area contributed by atoms with Crippen LogP contribution in [0, 0.1) is 13.8 Å². The third-order valence-electron chi connectivity index (χ3n) is 3.55. The molecule has 3 heteroatoms. The van der Waals surface area contributed by atoms with Gasteiger partial charge < -0.3 is 14.6 Å². The Labute approximate surface area is 101 Å².